The van der Waals surface area contributed by atoms with Gasteiger partial charge in [-0.3, -0.25) is 24.2 Å². The minimum Gasteiger partial charge on any atom is -0.505 e. The van der Waals surface area contributed by atoms with E-state index in [4.69, 9.17) is 4.74 Å². The minimum absolute atomic E-state index is 0.140. The predicted molar refractivity (Wildman–Crippen MR) is 136 cm³/mol. The fourth-order valence-electron chi connectivity index (χ4n) is 4.40. The lowest BCUT2D eigenvalue weighted by molar-refractivity contribution is -0.166. The summed E-state index contributed by atoms with van der Waals surface area (Å²) in [6, 6.07) is 4.05. The van der Waals surface area contributed by atoms with Crippen LogP contribution in [0.25, 0.3) is 0 Å². The fraction of sp³-hybridized carbons (Fsp3) is 0.481. The maximum Gasteiger partial charge on any atom is 0.312 e. The highest BCUT2D eigenvalue weighted by atomic mass is 16.5. The molecule has 3 heterocycles. The first-order valence-corrected chi connectivity index (χ1v) is 12.5. The first-order valence-electron chi connectivity index (χ1n) is 12.5. The van der Waals surface area contributed by atoms with Crippen molar-refractivity contribution in [3.8, 4) is 5.75 Å². The lowest BCUT2D eigenvalue weighted by Gasteiger charge is -2.33. The van der Waals surface area contributed by atoms with Gasteiger partial charge in [-0.15, -0.1) is 0 Å². The average molecular weight is 527 g/mol. The first-order chi connectivity index (χ1) is 18.0. The van der Waals surface area contributed by atoms with Gasteiger partial charge in [0.1, 0.15) is 11.8 Å². The van der Waals surface area contributed by atoms with E-state index in [0.717, 1.165) is 0 Å². The molecule has 1 aliphatic rings. The Kier molecular flexibility index (Phi) is 9.51. The zero-order valence-corrected chi connectivity index (χ0v) is 21.8. The van der Waals surface area contributed by atoms with E-state index in [9.17, 15) is 29.4 Å². The van der Waals surface area contributed by atoms with Gasteiger partial charge in [-0.05, 0) is 48.9 Å². The van der Waals surface area contributed by atoms with Crippen molar-refractivity contribution in [1.29, 1.82) is 0 Å². The van der Waals surface area contributed by atoms with E-state index >= 15 is 0 Å². The number of esters is 1. The van der Waals surface area contributed by atoms with E-state index in [1.54, 1.807) is 45.3 Å². The van der Waals surface area contributed by atoms with Gasteiger partial charge in [-0.1, -0.05) is 26.8 Å². The molecule has 204 valence electrons. The third kappa shape index (κ3) is 6.91. The Labute approximate surface area is 221 Å². The highest BCUT2D eigenvalue weighted by Gasteiger charge is 2.39. The van der Waals surface area contributed by atoms with Crippen molar-refractivity contribution >= 4 is 23.6 Å². The number of aromatic nitrogens is 2. The second-order valence-corrected chi connectivity index (χ2v) is 10.0. The van der Waals surface area contributed by atoms with Gasteiger partial charge >= 0.3 is 5.97 Å². The number of rotatable bonds is 5. The van der Waals surface area contributed by atoms with Crippen molar-refractivity contribution in [3.63, 3.8) is 0 Å². The van der Waals surface area contributed by atoms with E-state index in [1.807, 2.05) is 0 Å². The molecule has 3 rings (SSSR count). The number of hydrogen-bond donors (Lipinski definition) is 4. The molecule has 1 aliphatic heterocycles. The van der Waals surface area contributed by atoms with Crippen LogP contribution in [0.2, 0.25) is 0 Å². The van der Waals surface area contributed by atoms with Crippen molar-refractivity contribution < 1.29 is 34.1 Å². The molecule has 6 atom stereocenters. The zero-order valence-electron chi connectivity index (χ0n) is 21.8. The highest BCUT2D eigenvalue weighted by Crippen LogP contribution is 2.23. The van der Waals surface area contributed by atoms with Crippen LogP contribution in [0.1, 0.15) is 50.2 Å². The second-order valence-electron chi connectivity index (χ2n) is 10.0. The molecule has 0 saturated carbocycles. The number of hydrogen-bond acceptors (Lipinski definition) is 9. The molecule has 2 aromatic rings. The zero-order chi connectivity index (χ0) is 28.0. The summed E-state index contributed by atoms with van der Waals surface area (Å²) in [7, 11) is 0. The Morgan fingerprint density at radius 3 is 2.53 bits per heavy atom. The predicted octanol–water partition coefficient (Wildman–Crippen LogP) is 1.18. The molecular formula is C27H34N4O7. The topological polar surface area (TPSA) is 168 Å². The number of Topliss-reactive ketones (excluding diaryl/α,β-unsaturated/α-hetero) is 1. The minimum atomic E-state index is -1.37. The maximum absolute atomic E-state index is 13.6. The van der Waals surface area contributed by atoms with Gasteiger partial charge < -0.3 is 25.6 Å². The summed E-state index contributed by atoms with van der Waals surface area (Å²) in [6.07, 6.45) is 2.00. The maximum atomic E-state index is 13.6. The van der Waals surface area contributed by atoms with E-state index in [-0.39, 0.29) is 30.2 Å². The molecule has 11 nitrogen and oxygen atoms in total. The Morgan fingerprint density at radius 1 is 1.18 bits per heavy atom. The molecule has 4 N–H and O–H groups in total. The molecule has 0 radical (unpaired) electrons. The van der Waals surface area contributed by atoms with Crippen LogP contribution in [0.15, 0.2) is 42.9 Å². The Balaban J connectivity index is 1.99. The molecule has 2 amide bonds. The standard InChI is InChI=1S/C27H34N4O7/c1-14(2)24-20(33)11-15(3)21(31-26(36)22-19(32)8-6-10-29-22)25(35)30-18(12-17-7-5-9-28-13-17)23(34)16(4)27(37)38-24/h5-10,13-16,18,21,23-24,32,34H,11-12H2,1-4H3,(H,30,35)(H,31,36)/t15-,16+,18-,21-,23-,24?/m0/s1. The van der Waals surface area contributed by atoms with Gasteiger partial charge in [0, 0.05) is 25.0 Å². The van der Waals surface area contributed by atoms with Crippen LogP contribution in [0, 0.1) is 17.8 Å². The van der Waals surface area contributed by atoms with E-state index < -0.39 is 59.7 Å². The number of pyridine rings is 2. The number of nitrogens with zero attached hydrogens (tertiary/aromatic N) is 2. The Morgan fingerprint density at radius 2 is 1.89 bits per heavy atom. The molecule has 1 unspecified atom stereocenters. The summed E-state index contributed by atoms with van der Waals surface area (Å²) in [5, 5.41) is 26.6. The molecule has 1 saturated heterocycles. The van der Waals surface area contributed by atoms with Crippen molar-refractivity contribution in [3.05, 3.63) is 54.1 Å². The lowest BCUT2D eigenvalue weighted by atomic mass is 9.88. The van der Waals surface area contributed by atoms with Crippen molar-refractivity contribution in [1.82, 2.24) is 20.6 Å². The molecule has 38 heavy (non-hydrogen) atoms. The fourth-order valence-corrected chi connectivity index (χ4v) is 4.40. The van der Waals surface area contributed by atoms with Crippen molar-refractivity contribution in [2.45, 2.75) is 64.8 Å². The number of carbonyl (C=O) groups excluding carboxylic acids is 4. The van der Waals surface area contributed by atoms with Crippen molar-refractivity contribution in [2.24, 2.45) is 17.8 Å². The molecule has 11 heteroatoms. The van der Waals surface area contributed by atoms with Gasteiger partial charge in [0.15, 0.2) is 17.6 Å². The van der Waals surface area contributed by atoms with Gasteiger partial charge in [-0.25, -0.2) is 4.98 Å². The Bertz CT molecular complexity index is 1160. The number of carbonyl (C=O) groups is 4. The van der Waals surface area contributed by atoms with Crippen LogP contribution < -0.4 is 10.6 Å². The largest absolute Gasteiger partial charge is 0.505 e. The Hall–Kier alpha value is -3.86. The normalized spacial score (nSPS) is 27.1. The van der Waals surface area contributed by atoms with Crippen LogP contribution in [0.5, 0.6) is 5.75 Å². The molecule has 0 aliphatic carbocycles. The summed E-state index contributed by atoms with van der Waals surface area (Å²) in [6.45, 7) is 6.54. The van der Waals surface area contributed by atoms with E-state index in [0.29, 0.717) is 5.56 Å². The van der Waals surface area contributed by atoms with Crippen LogP contribution >= 0.6 is 0 Å². The summed E-state index contributed by atoms with van der Waals surface area (Å²) in [4.78, 5) is 60.5. The molecule has 1 fully saturated rings. The third-order valence-electron chi connectivity index (χ3n) is 6.63. The van der Waals surface area contributed by atoms with Gasteiger partial charge in [0.2, 0.25) is 5.91 Å². The number of ketones is 1. The number of ether oxygens (including phenoxy) is 1. The number of amides is 2. The average Bonchev–Trinajstić information content (AvgIpc) is 2.88. The first kappa shape index (κ1) is 28.7. The summed E-state index contributed by atoms with van der Waals surface area (Å²) in [5.41, 5.74) is 0.422. The van der Waals surface area contributed by atoms with Crippen LogP contribution in [-0.2, 0) is 25.5 Å². The monoisotopic (exact) mass is 526 g/mol. The number of aromatic hydroxyl groups is 1. The van der Waals surface area contributed by atoms with Crippen LogP contribution in [-0.4, -0.2) is 68.0 Å². The van der Waals surface area contributed by atoms with Crippen LogP contribution in [0.4, 0.5) is 0 Å². The molecule has 0 bridgehead atoms. The number of nitrogens with one attached hydrogen (secondary N) is 2. The van der Waals surface area contributed by atoms with Crippen molar-refractivity contribution in [2.75, 3.05) is 0 Å². The van der Waals surface area contributed by atoms with Crippen LogP contribution in [0.3, 0.4) is 0 Å². The molecule has 0 spiro atoms. The summed E-state index contributed by atoms with van der Waals surface area (Å²) >= 11 is 0. The van der Waals surface area contributed by atoms with Gasteiger partial charge in [0.05, 0.1) is 18.1 Å². The molecule has 2 aromatic heterocycles. The quantitative estimate of drug-likeness (QED) is 0.418. The van der Waals surface area contributed by atoms with Gasteiger partial charge in [0.25, 0.3) is 5.91 Å². The number of aliphatic hydroxyl groups is 1. The number of aliphatic hydroxyl groups excluding tert-OH is 1. The number of cyclic esters (lactones) is 1. The molecular weight excluding hydrogens is 492 g/mol. The smallest absolute Gasteiger partial charge is 0.312 e. The third-order valence-corrected chi connectivity index (χ3v) is 6.63. The van der Waals surface area contributed by atoms with Gasteiger partial charge in [-0.2, -0.15) is 0 Å². The van der Waals surface area contributed by atoms with E-state index in [1.165, 1.54) is 25.3 Å². The molecule has 0 aromatic carbocycles. The SMILES string of the molecule is CC(C)C1OC(=O)[C@H](C)[C@H](O)[C@H](Cc2cccnc2)NC(=O)[C@@H](NC(=O)c2ncccc2O)[C@@H](C)CC1=O. The second kappa shape index (κ2) is 12.6. The van der Waals surface area contributed by atoms with E-state index in [2.05, 4.69) is 20.6 Å². The summed E-state index contributed by atoms with van der Waals surface area (Å²) < 4.78 is 5.55. The lowest BCUT2D eigenvalue weighted by Crippen LogP contribution is -2.57. The summed E-state index contributed by atoms with van der Waals surface area (Å²) in [5.74, 6) is -5.16. The highest BCUT2D eigenvalue weighted by molar-refractivity contribution is 5.98.